The van der Waals surface area contributed by atoms with Crippen molar-refractivity contribution in [3.05, 3.63) is 58.9 Å². The summed E-state index contributed by atoms with van der Waals surface area (Å²) in [5.41, 5.74) is 3.50. The predicted molar refractivity (Wildman–Crippen MR) is 98.1 cm³/mol. The second-order valence-corrected chi connectivity index (χ2v) is 6.69. The molecule has 25 heavy (non-hydrogen) atoms. The van der Waals surface area contributed by atoms with Gasteiger partial charge >= 0.3 is 0 Å². The molecule has 1 unspecified atom stereocenters. The minimum atomic E-state index is -0.265. The van der Waals surface area contributed by atoms with Crippen LogP contribution in [0.25, 0.3) is 0 Å². The van der Waals surface area contributed by atoms with Crippen LogP contribution in [0.5, 0.6) is 11.5 Å². The van der Waals surface area contributed by atoms with E-state index in [2.05, 4.69) is 36.5 Å². The van der Waals surface area contributed by atoms with E-state index in [0.29, 0.717) is 24.7 Å². The SMILES string of the molecule is Cc1ccc(CCNCCOc2cc(F)cc3c2OC(C)CC3)cc1. The molecule has 0 saturated heterocycles. The standard InChI is InChI=1S/C21H26FNO2/c1-15-3-6-17(7-4-15)9-10-23-11-12-24-20-14-19(22)13-18-8-5-16(2)25-21(18)20/h3-4,6-7,13-14,16,23H,5,8-12H2,1-2H3. The summed E-state index contributed by atoms with van der Waals surface area (Å²) in [5, 5.41) is 3.36. The molecule has 134 valence electrons. The highest BCUT2D eigenvalue weighted by Crippen LogP contribution is 2.37. The first-order valence-electron chi connectivity index (χ1n) is 9.00. The second kappa shape index (κ2) is 8.34. The molecule has 0 bridgehead atoms. The molecule has 1 N–H and O–H groups in total. The lowest BCUT2D eigenvalue weighted by molar-refractivity contribution is 0.178. The van der Waals surface area contributed by atoms with Gasteiger partial charge in [-0.1, -0.05) is 29.8 Å². The molecule has 1 aliphatic heterocycles. The van der Waals surface area contributed by atoms with Crippen molar-refractivity contribution in [1.29, 1.82) is 0 Å². The number of hydrogen-bond acceptors (Lipinski definition) is 3. The molecule has 1 aliphatic rings. The van der Waals surface area contributed by atoms with Gasteiger partial charge in [0.05, 0.1) is 6.10 Å². The molecule has 1 heterocycles. The molecule has 0 fully saturated rings. The number of nitrogens with one attached hydrogen (secondary N) is 1. The normalized spacial score (nSPS) is 16.2. The summed E-state index contributed by atoms with van der Waals surface area (Å²) in [5.74, 6) is 0.959. The molecule has 3 nitrogen and oxygen atoms in total. The molecule has 0 saturated carbocycles. The third kappa shape index (κ3) is 4.95. The Morgan fingerprint density at radius 3 is 2.80 bits per heavy atom. The van der Waals surface area contributed by atoms with Gasteiger partial charge in [0.1, 0.15) is 12.4 Å². The van der Waals surface area contributed by atoms with E-state index < -0.39 is 0 Å². The Balaban J connectivity index is 1.44. The average molecular weight is 343 g/mol. The number of hydrogen-bond donors (Lipinski definition) is 1. The van der Waals surface area contributed by atoms with Crippen molar-refractivity contribution in [3.63, 3.8) is 0 Å². The quantitative estimate of drug-likeness (QED) is 0.769. The van der Waals surface area contributed by atoms with Gasteiger partial charge in [0.25, 0.3) is 0 Å². The fraction of sp³-hybridized carbons (Fsp3) is 0.429. The molecule has 4 heteroatoms. The predicted octanol–water partition coefficient (Wildman–Crippen LogP) is 4.06. The molecule has 0 aliphatic carbocycles. The third-order valence-corrected chi connectivity index (χ3v) is 4.48. The monoisotopic (exact) mass is 343 g/mol. The Morgan fingerprint density at radius 2 is 2.00 bits per heavy atom. The highest BCUT2D eigenvalue weighted by molar-refractivity contribution is 5.48. The van der Waals surface area contributed by atoms with E-state index >= 15 is 0 Å². The van der Waals surface area contributed by atoms with Crippen LogP contribution in [-0.2, 0) is 12.8 Å². The first-order valence-corrected chi connectivity index (χ1v) is 9.00. The van der Waals surface area contributed by atoms with Crippen molar-refractivity contribution in [2.75, 3.05) is 19.7 Å². The molecule has 1 atom stereocenters. The lowest BCUT2D eigenvalue weighted by atomic mass is 10.0. The van der Waals surface area contributed by atoms with Gasteiger partial charge in [0, 0.05) is 18.2 Å². The molecule has 2 aromatic rings. The van der Waals surface area contributed by atoms with Gasteiger partial charge in [-0.25, -0.2) is 4.39 Å². The maximum atomic E-state index is 13.7. The zero-order valence-electron chi connectivity index (χ0n) is 15.0. The minimum Gasteiger partial charge on any atom is -0.488 e. The fourth-order valence-corrected chi connectivity index (χ4v) is 3.01. The highest BCUT2D eigenvalue weighted by atomic mass is 19.1. The molecule has 3 rings (SSSR count). The molecule has 0 spiro atoms. The molecular weight excluding hydrogens is 317 g/mol. The van der Waals surface area contributed by atoms with Gasteiger partial charge < -0.3 is 14.8 Å². The van der Waals surface area contributed by atoms with Crippen LogP contribution in [0.3, 0.4) is 0 Å². The topological polar surface area (TPSA) is 30.5 Å². The summed E-state index contributed by atoms with van der Waals surface area (Å²) in [4.78, 5) is 0. The first kappa shape index (κ1) is 17.7. The van der Waals surface area contributed by atoms with Crippen LogP contribution in [0.15, 0.2) is 36.4 Å². The molecule has 0 aromatic heterocycles. The largest absolute Gasteiger partial charge is 0.488 e. The highest BCUT2D eigenvalue weighted by Gasteiger charge is 2.21. The van der Waals surface area contributed by atoms with E-state index in [4.69, 9.17) is 9.47 Å². The van der Waals surface area contributed by atoms with Crippen molar-refractivity contribution >= 4 is 0 Å². The van der Waals surface area contributed by atoms with Gasteiger partial charge in [0.2, 0.25) is 0 Å². The lowest BCUT2D eigenvalue weighted by Crippen LogP contribution is -2.24. The van der Waals surface area contributed by atoms with Crippen LogP contribution in [0.1, 0.15) is 30.0 Å². The van der Waals surface area contributed by atoms with Crippen molar-refractivity contribution in [2.45, 2.75) is 39.2 Å². The van der Waals surface area contributed by atoms with Gasteiger partial charge in [-0.15, -0.1) is 0 Å². The third-order valence-electron chi connectivity index (χ3n) is 4.48. The Labute approximate surface area is 149 Å². The number of benzene rings is 2. The first-order chi connectivity index (χ1) is 12.1. The summed E-state index contributed by atoms with van der Waals surface area (Å²) < 4.78 is 25.4. The minimum absolute atomic E-state index is 0.146. The lowest BCUT2D eigenvalue weighted by Gasteiger charge is -2.25. The molecule has 2 aromatic carbocycles. The Bertz CT molecular complexity index is 700. The van der Waals surface area contributed by atoms with Crippen LogP contribution < -0.4 is 14.8 Å². The van der Waals surface area contributed by atoms with Crippen molar-refractivity contribution in [3.8, 4) is 11.5 Å². The fourth-order valence-electron chi connectivity index (χ4n) is 3.01. The summed E-state index contributed by atoms with van der Waals surface area (Å²) >= 11 is 0. The van der Waals surface area contributed by atoms with E-state index in [1.807, 2.05) is 6.92 Å². The van der Waals surface area contributed by atoms with E-state index in [0.717, 1.165) is 31.4 Å². The van der Waals surface area contributed by atoms with Crippen molar-refractivity contribution in [2.24, 2.45) is 0 Å². The van der Waals surface area contributed by atoms with Gasteiger partial charge in [-0.3, -0.25) is 0 Å². The van der Waals surface area contributed by atoms with Crippen LogP contribution in [0.4, 0.5) is 4.39 Å². The van der Waals surface area contributed by atoms with E-state index in [9.17, 15) is 4.39 Å². The Kier molecular flexibility index (Phi) is 5.92. The van der Waals surface area contributed by atoms with Crippen LogP contribution >= 0.6 is 0 Å². The Morgan fingerprint density at radius 1 is 1.20 bits per heavy atom. The van der Waals surface area contributed by atoms with Crippen LogP contribution in [0.2, 0.25) is 0 Å². The maximum absolute atomic E-state index is 13.7. The number of rotatable bonds is 7. The zero-order chi connectivity index (χ0) is 17.6. The number of halogens is 1. The number of ether oxygens (including phenoxy) is 2. The number of aryl methyl sites for hydroxylation is 2. The summed E-state index contributed by atoms with van der Waals surface area (Å²) in [6.45, 7) is 6.22. The van der Waals surface area contributed by atoms with Crippen molar-refractivity contribution < 1.29 is 13.9 Å². The average Bonchev–Trinajstić information content (AvgIpc) is 2.60. The second-order valence-electron chi connectivity index (χ2n) is 6.69. The van der Waals surface area contributed by atoms with E-state index in [-0.39, 0.29) is 11.9 Å². The Hall–Kier alpha value is -2.07. The van der Waals surface area contributed by atoms with Gasteiger partial charge in [0.15, 0.2) is 11.5 Å². The van der Waals surface area contributed by atoms with Gasteiger partial charge in [-0.2, -0.15) is 0 Å². The maximum Gasteiger partial charge on any atom is 0.164 e. The van der Waals surface area contributed by atoms with Crippen LogP contribution in [-0.4, -0.2) is 25.8 Å². The summed E-state index contributed by atoms with van der Waals surface area (Å²) in [6, 6.07) is 11.5. The summed E-state index contributed by atoms with van der Waals surface area (Å²) in [7, 11) is 0. The number of fused-ring (bicyclic) bond motifs is 1. The smallest absolute Gasteiger partial charge is 0.164 e. The zero-order valence-corrected chi connectivity index (χ0v) is 15.0. The molecule has 0 amide bonds. The van der Waals surface area contributed by atoms with Crippen LogP contribution in [0, 0.1) is 12.7 Å². The van der Waals surface area contributed by atoms with Gasteiger partial charge in [-0.05, 0) is 51.3 Å². The summed E-state index contributed by atoms with van der Waals surface area (Å²) in [6.07, 6.45) is 2.87. The molecular formula is C21H26FNO2. The van der Waals surface area contributed by atoms with Crippen molar-refractivity contribution in [1.82, 2.24) is 5.32 Å². The van der Waals surface area contributed by atoms with E-state index in [1.54, 1.807) is 6.07 Å². The van der Waals surface area contributed by atoms with E-state index in [1.165, 1.54) is 17.2 Å². The molecule has 0 radical (unpaired) electrons.